The maximum Gasteiger partial charge on any atom is 0.164 e. The first-order valence-electron chi connectivity index (χ1n) is 16.7. The first kappa shape index (κ1) is 28.2. The number of fused-ring (bicyclic) bond motifs is 6. The summed E-state index contributed by atoms with van der Waals surface area (Å²) in [6, 6.07) is 58.6. The van der Waals surface area contributed by atoms with Crippen molar-refractivity contribution in [3.63, 3.8) is 0 Å². The maximum atomic E-state index is 6.52. The third kappa shape index (κ3) is 4.60. The van der Waals surface area contributed by atoms with E-state index in [-0.39, 0.29) is 0 Å². The highest BCUT2D eigenvalue weighted by Crippen LogP contribution is 2.40. The van der Waals surface area contributed by atoms with E-state index in [1.807, 2.05) is 78.9 Å². The summed E-state index contributed by atoms with van der Waals surface area (Å²) >= 11 is 0. The molecule has 50 heavy (non-hydrogen) atoms. The van der Waals surface area contributed by atoms with Crippen LogP contribution in [0.15, 0.2) is 174 Å². The van der Waals surface area contributed by atoms with Crippen LogP contribution in [0.5, 0.6) is 0 Å². The molecule has 0 unspecified atom stereocenters. The van der Waals surface area contributed by atoms with Crippen LogP contribution in [0, 0.1) is 0 Å². The van der Waals surface area contributed by atoms with Crippen molar-refractivity contribution in [3.05, 3.63) is 170 Å². The number of hydrogen-bond donors (Lipinski definition) is 0. The minimum Gasteiger partial charge on any atom is -0.456 e. The Kier molecular flexibility index (Phi) is 6.42. The van der Waals surface area contributed by atoms with E-state index in [2.05, 4.69) is 95.6 Å². The van der Waals surface area contributed by atoms with Crippen LogP contribution >= 0.6 is 0 Å². The van der Waals surface area contributed by atoms with E-state index in [1.165, 1.54) is 21.9 Å². The van der Waals surface area contributed by atoms with Gasteiger partial charge in [-0.25, -0.2) is 15.0 Å². The summed E-state index contributed by atoms with van der Waals surface area (Å²) in [5.41, 5.74) is 10.1. The van der Waals surface area contributed by atoms with E-state index in [1.54, 1.807) is 0 Å². The molecule has 3 aromatic heterocycles. The summed E-state index contributed by atoms with van der Waals surface area (Å²) in [6.45, 7) is 0. The van der Waals surface area contributed by atoms with Gasteiger partial charge >= 0.3 is 0 Å². The van der Waals surface area contributed by atoms with Crippen LogP contribution in [0.3, 0.4) is 0 Å². The molecule has 0 atom stereocenters. The van der Waals surface area contributed by atoms with Crippen molar-refractivity contribution in [3.8, 4) is 51.0 Å². The third-order valence-electron chi connectivity index (χ3n) is 9.45. The Balaban J connectivity index is 1.22. The molecule has 3 heterocycles. The molecule has 7 aromatic carbocycles. The van der Waals surface area contributed by atoms with Crippen molar-refractivity contribution in [2.24, 2.45) is 0 Å². The summed E-state index contributed by atoms with van der Waals surface area (Å²) < 4.78 is 8.90. The van der Waals surface area contributed by atoms with Gasteiger partial charge in [0.15, 0.2) is 17.5 Å². The molecule has 0 fully saturated rings. The second-order valence-corrected chi connectivity index (χ2v) is 12.5. The normalized spacial score (nSPS) is 11.6. The lowest BCUT2D eigenvalue weighted by Crippen LogP contribution is -2.00. The molecule has 0 spiro atoms. The highest BCUT2D eigenvalue weighted by atomic mass is 16.3. The molecule has 0 amide bonds. The minimum absolute atomic E-state index is 0.607. The van der Waals surface area contributed by atoms with Crippen LogP contribution in [0.1, 0.15) is 0 Å². The van der Waals surface area contributed by atoms with E-state index < -0.39 is 0 Å². The van der Waals surface area contributed by atoms with Crippen molar-refractivity contribution in [2.45, 2.75) is 0 Å². The second-order valence-electron chi connectivity index (χ2n) is 12.5. The summed E-state index contributed by atoms with van der Waals surface area (Å²) in [6.07, 6.45) is 0. The largest absolute Gasteiger partial charge is 0.456 e. The molecule has 5 heteroatoms. The zero-order valence-electron chi connectivity index (χ0n) is 26.9. The minimum atomic E-state index is 0.607. The van der Waals surface area contributed by atoms with Gasteiger partial charge in [-0.05, 0) is 53.6 Å². The molecule has 234 valence electrons. The Morgan fingerprint density at radius 3 is 1.64 bits per heavy atom. The van der Waals surface area contributed by atoms with Crippen LogP contribution < -0.4 is 0 Å². The van der Waals surface area contributed by atoms with Gasteiger partial charge in [-0.3, -0.25) is 0 Å². The lowest BCUT2D eigenvalue weighted by Gasteiger charge is -2.11. The fourth-order valence-electron chi connectivity index (χ4n) is 7.11. The summed E-state index contributed by atoms with van der Waals surface area (Å²) in [7, 11) is 0. The molecule has 0 N–H and O–H groups in total. The van der Waals surface area contributed by atoms with E-state index >= 15 is 0 Å². The first-order chi connectivity index (χ1) is 24.8. The van der Waals surface area contributed by atoms with Gasteiger partial charge in [0.1, 0.15) is 11.2 Å². The zero-order chi connectivity index (χ0) is 33.0. The Morgan fingerprint density at radius 2 is 0.940 bits per heavy atom. The Labute approximate surface area is 287 Å². The van der Waals surface area contributed by atoms with Crippen molar-refractivity contribution < 1.29 is 4.42 Å². The van der Waals surface area contributed by atoms with Gasteiger partial charge in [-0.15, -0.1) is 0 Å². The summed E-state index contributed by atoms with van der Waals surface area (Å²) in [5, 5.41) is 4.46. The first-order valence-corrected chi connectivity index (χ1v) is 16.7. The molecule has 0 saturated heterocycles. The van der Waals surface area contributed by atoms with Crippen molar-refractivity contribution >= 4 is 43.7 Å². The van der Waals surface area contributed by atoms with Crippen LogP contribution in [0.4, 0.5) is 0 Å². The molecular weight excluding hydrogens is 613 g/mol. The maximum absolute atomic E-state index is 6.52. The summed E-state index contributed by atoms with van der Waals surface area (Å²) in [5.74, 6) is 1.87. The Bertz CT molecular complexity index is 2800. The molecule has 0 bridgehead atoms. The SMILES string of the molecule is c1ccc(-c2ccc3c4ccccc4n(-c4cccc5oc6ccc(-c7nc(-c8ccccc8)nc(-c8ccccc8)n7)cc6c45)c3c2)cc1. The van der Waals surface area contributed by atoms with Gasteiger partial charge in [0, 0.05) is 32.8 Å². The smallest absolute Gasteiger partial charge is 0.164 e. The third-order valence-corrected chi connectivity index (χ3v) is 9.45. The van der Waals surface area contributed by atoms with Gasteiger partial charge < -0.3 is 8.98 Å². The Hall–Kier alpha value is -6.85. The molecule has 0 radical (unpaired) electrons. The van der Waals surface area contributed by atoms with Crippen molar-refractivity contribution in [2.75, 3.05) is 0 Å². The van der Waals surface area contributed by atoms with E-state index in [0.29, 0.717) is 17.5 Å². The number of aromatic nitrogens is 4. The number of benzene rings is 7. The standard InChI is InChI=1S/C45H28N4O/c1-4-13-29(14-5-1)32-23-25-35-34-19-10-11-20-37(34)49(39(35)28-32)38-21-12-22-41-42(38)36-27-33(24-26-40(36)50-41)45-47-43(30-15-6-2-7-16-30)46-44(48-45)31-17-8-3-9-18-31/h1-28H. The second kappa shape index (κ2) is 11.4. The number of hydrogen-bond acceptors (Lipinski definition) is 4. The van der Waals surface area contributed by atoms with Gasteiger partial charge in [-0.2, -0.15) is 0 Å². The average molecular weight is 641 g/mol. The molecule has 0 saturated carbocycles. The fraction of sp³-hybridized carbons (Fsp3) is 0. The molecule has 0 aliphatic rings. The molecule has 0 aliphatic heterocycles. The van der Waals surface area contributed by atoms with Crippen molar-refractivity contribution in [1.82, 2.24) is 19.5 Å². The lowest BCUT2D eigenvalue weighted by atomic mass is 10.0. The molecule has 10 aromatic rings. The zero-order valence-corrected chi connectivity index (χ0v) is 26.9. The van der Waals surface area contributed by atoms with Crippen LogP contribution in [-0.4, -0.2) is 19.5 Å². The number of para-hydroxylation sites is 1. The summed E-state index contributed by atoms with van der Waals surface area (Å²) in [4.78, 5) is 14.9. The highest BCUT2D eigenvalue weighted by molar-refractivity contribution is 6.15. The van der Waals surface area contributed by atoms with E-state index in [0.717, 1.165) is 55.3 Å². The number of nitrogens with zero attached hydrogens (tertiary/aromatic N) is 4. The molecule has 0 aliphatic carbocycles. The van der Waals surface area contributed by atoms with Crippen LogP contribution in [0.25, 0.3) is 94.7 Å². The van der Waals surface area contributed by atoms with Crippen molar-refractivity contribution in [1.29, 1.82) is 0 Å². The topological polar surface area (TPSA) is 56.7 Å². The van der Waals surface area contributed by atoms with Crippen LogP contribution in [-0.2, 0) is 0 Å². The molecule has 5 nitrogen and oxygen atoms in total. The fourth-order valence-corrected chi connectivity index (χ4v) is 7.11. The molecular formula is C45H28N4O. The van der Waals surface area contributed by atoms with Gasteiger partial charge in [0.2, 0.25) is 0 Å². The van der Waals surface area contributed by atoms with Crippen LogP contribution in [0.2, 0.25) is 0 Å². The Morgan fingerprint density at radius 1 is 0.360 bits per heavy atom. The van der Waals surface area contributed by atoms with Gasteiger partial charge in [0.25, 0.3) is 0 Å². The highest BCUT2D eigenvalue weighted by Gasteiger charge is 2.20. The monoisotopic (exact) mass is 640 g/mol. The lowest BCUT2D eigenvalue weighted by molar-refractivity contribution is 0.669. The number of rotatable bonds is 5. The van der Waals surface area contributed by atoms with Gasteiger partial charge in [0.05, 0.1) is 22.1 Å². The van der Waals surface area contributed by atoms with E-state index in [9.17, 15) is 0 Å². The van der Waals surface area contributed by atoms with E-state index in [4.69, 9.17) is 19.4 Å². The predicted molar refractivity (Wildman–Crippen MR) is 203 cm³/mol. The average Bonchev–Trinajstić information content (AvgIpc) is 3.74. The number of furan rings is 1. The van der Waals surface area contributed by atoms with Gasteiger partial charge in [-0.1, -0.05) is 127 Å². The predicted octanol–water partition coefficient (Wildman–Crippen LogP) is 11.5. The quantitative estimate of drug-likeness (QED) is 0.188. The molecule has 10 rings (SSSR count).